The monoisotopic (exact) mass is 369 g/mol. The van der Waals surface area contributed by atoms with Gasteiger partial charge in [0, 0.05) is 18.4 Å². The largest absolute Gasteiger partial charge is 0.387 e. The minimum absolute atomic E-state index is 0.322. The first-order valence-corrected chi connectivity index (χ1v) is 9.16. The van der Waals surface area contributed by atoms with Gasteiger partial charge in [0.05, 0.1) is 11.0 Å². The summed E-state index contributed by atoms with van der Waals surface area (Å²) in [4.78, 5) is 9.03. The van der Waals surface area contributed by atoms with Crippen molar-refractivity contribution in [2.75, 3.05) is 17.2 Å². The summed E-state index contributed by atoms with van der Waals surface area (Å²) in [6.45, 7) is 0.322. The number of anilines is 3. The van der Waals surface area contributed by atoms with Crippen LogP contribution in [-0.4, -0.2) is 25.8 Å². The highest BCUT2D eigenvalue weighted by Crippen LogP contribution is 2.18. The molecule has 0 aliphatic heterocycles. The number of rotatable bonds is 7. The molecular formula is C18H19N5O2S. The van der Waals surface area contributed by atoms with Crippen LogP contribution in [0.5, 0.6) is 0 Å². The van der Waals surface area contributed by atoms with Crippen LogP contribution < -0.4 is 15.8 Å². The fourth-order valence-corrected chi connectivity index (χ4v) is 2.80. The van der Waals surface area contributed by atoms with Crippen LogP contribution in [0.15, 0.2) is 71.8 Å². The zero-order valence-electron chi connectivity index (χ0n) is 13.9. The summed E-state index contributed by atoms with van der Waals surface area (Å²) in [7, 11) is -1.55. The molecule has 0 saturated heterocycles. The Labute approximate surface area is 153 Å². The lowest BCUT2D eigenvalue weighted by Crippen LogP contribution is -2.13. The second-order valence-electron chi connectivity index (χ2n) is 5.52. The van der Waals surface area contributed by atoms with Gasteiger partial charge in [-0.1, -0.05) is 36.4 Å². The molecule has 1 aromatic heterocycles. The van der Waals surface area contributed by atoms with Crippen molar-refractivity contribution in [2.24, 2.45) is 5.14 Å². The van der Waals surface area contributed by atoms with E-state index in [0.29, 0.717) is 28.9 Å². The number of nitrogens with zero attached hydrogens (tertiary/aromatic N) is 2. The molecule has 0 aliphatic carbocycles. The third-order valence-electron chi connectivity index (χ3n) is 3.64. The lowest BCUT2D eigenvalue weighted by atomic mass is 10.1. The molecule has 0 aliphatic rings. The van der Waals surface area contributed by atoms with Gasteiger partial charge in [-0.2, -0.15) is 4.98 Å². The highest BCUT2D eigenvalue weighted by molar-refractivity contribution is 7.82. The van der Waals surface area contributed by atoms with Crippen molar-refractivity contribution in [1.82, 2.24) is 9.97 Å². The molecule has 134 valence electrons. The molecule has 2 aromatic carbocycles. The average molecular weight is 369 g/mol. The zero-order valence-corrected chi connectivity index (χ0v) is 14.7. The molecule has 8 heteroatoms. The lowest BCUT2D eigenvalue weighted by Gasteiger charge is -2.13. The topological polar surface area (TPSA) is 113 Å². The highest BCUT2D eigenvalue weighted by atomic mass is 32.2. The van der Waals surface area contributed by atoms with Crippen LogP contribution in [0.1, 0.15) is 11.7 Å². The van der Waals surface area contributed by atoms with Gasteiger partial charge in [-0.3, -0.25) is 0 Å². The van der Waals surface area contributed by atoms with E-state index in [2.05, 4.69) is 20.6 Å². The Hall–Kier alpha value is -2.81. The predicted octanol–water partition coefficient (Wildman–Crippen LogP) is 2.35. The number of aromatic nitrogens is 2. The maximum Gasteiger partial charge on any atom is 0.229 e. The molecule has 7 nitrogen and oxygen atoms in total. The van der Waals surface area contributed by atoms with Crippen LogP contribution >= 0.6 is 0 Å². The minimum atomic E-state index is -1.55. The minimum Gasteiger partial charge on any atom is -0.387 e. The molecule has 26 heavy (non-hydrogen) atoms. The molecule has 0 bridgehead atoms. The SMILES string of the molecule is NS(=O)c1cccc(Nc2nccc(NCC(O)c3ccccc3)n2)c1. The van der Waals surface area contributed by atoms with E-state index in [1.807, 2.05) is 30.3 Å². The third-order valence-corrected chi connectivity index (χ3v) is 4.36. The van der Waals surface area contributed by atoms with E-state index in [4.69, 9.17) is 5.14 Å². The van der Waals surface area contributed by atoms with E-state index in [-0.39, 0.29) is 0 Å². The van der Waals surface area contributed by atoms with Crippen molar-refractivity contribution in [3.8, 4) is 0 Å². The Morgan fingerprint density at radius 1 is 1.12 bits per heavy atom. The molecule has 0 spiro atoms. The fourth-order valence-electron chi connectivity index (χ4n) is 2.34. The fraction of sp³-hybridized carbons (Fsp3) is 0.111. The van der Waals surface area contributed by atoms with Gasteiger partial charge in [0.1, 0.15) is 16.8 Å². The number of nitrogens with two attached hydrogens (primary N) is 1. The van der Waals surface area contributed by atoms with Crippen LogP contribution in [0.3, 0.4) is 0 Å². The predicted molar refractivity (Wildman–Crippen MR) is 102 cm³/mol. The van der Waals surface area contributed by atoms with Crippen molar-refractivity contribution < 1.29 is 9.32 Å². The first kappa shape index (κ1) is 18.0. The third kappa shape index (κ3) is 4.85. The quantitative estimate of drug-likeness (QED) is 0.508. The van der Waals surface area contributed by atoms with Crippen LogP contribution in [0.25, 0.3) is 0 Å². The Morgan fingerprint density at radius 3 is 2.69 bits per heavy atom. The maximum atomic E-state index is 11.4. The summed E-state index contributed by atoms with van der Waals surface area (Å²) < 4.78 is 11.4. The summed E-state index contributed by atoms with van der Waals surface area (Å²) in [6.07, 6.45) is 0.969. The molecular weight excluding hydrogens is 350 g/mol. The normalized spacial score (nSPS) is 13.0. The molecule has 2 unspecified atom stereocenters. The van der Waals surface area contributed by atoms with Crippen molar-refractivity contribution >= 4 is 28.4 Å². The molecule has 3 aromatic rings. The van der Waals surface area contributed by atoms with E-state index < -0.39 is 17.1 Å². The summed E-state index contributed by atoms with van der Waals surface area (Å²) in [5, 5.41) is 21.7. The molecule has 0 fully saturated rings. The van der Waals surface area contributed by atoms with E-state index in [0.717, 1.165) is 5.56 Å². The summed E-state index contributed by atoms with van der Waals surface area (Å²) >= 11 is 0. The standard InChI is InChI=1S/C18H19N5O2S/c19-26(25)15-8-4-7-14(11-15)22-18-20-10-9-17(23-18)21-12-16(24)13-5-2-1-3-6-13/h1-11,16,24H,12,19H2,(H2,20,21,22,23). The van der Waals surface area contributed by atoms with Crippen molar-refractivity contribution in [2.45, 2.75) is 11.0 Å². The van der Waals surface area contributed by atoms with Crippen LogP contribution in [0.4, 0.5) is 17.5 Å². The van der Waals surface area contributed by atoms with Gasteiger partial charge in [-0.15, -0.1) is 0 Å². The average Bonchev–Trinajstić information content (AvgIpc) is 2.67. The number of hydrogen-bond acceptors (Lipinski definition) is 6. The van der Waals surface area contributed by atoms with Gasteiger partial charge in [0.2, 0.25) is 5.95 Å². The summed E-state index contributed by atoms with van der Waals surface area (Å²) in [6, 6.07) is 18.0. The van der Waals surface area contributed by atoms with Gasteiger partial charge < -0.3 is 15.7 Å². The van der Waals surface area contributed by atoms with Crippen LogP contribution in [0.2, 0.25) is 0 Å². The molecule has 0 amide bonds. The van der Waals surface area contributed by atoms with Gasteiger partial charge in [-0.05, 0) is 29.8 Å². The maximum absolute atomic E-state index is 11.4. The Morgan fingerprint density at radius 2 is 1.92 bits per heavy atom. The number of hydrogen-bond donors (Lipinski definition) is 4. The second kappa shape index (κ2) is 8.52. The van der Waals surface area contributed by atoms with Crippen molar-refractivity contribution in [1.29, 1.82) is 0 Å². The van der Waals surface area contributed by atoms with Crippen LogP contribution in [-0.2, 0) is 11.0 Å². The summed E-state index contributed by atoms with van der Waals surface area (Å²) in [5.74, 6) is 0.959. The van der Waals surface area contributed by atoms with E-state index in [1.165, 1.54) is 0 Å². The molecule has 3 rings (SSSR count). The van der Waals surface area contributed by atoms with E-state index in [1.54, 1.807) is 36.5 Å². The number of aliphatic hydroxyl groups excluding tert-OH is 1. The molecule has 5 N–H and O–H groups in total. The number of nitrogens with one attached hydrogen (secondary N) is 2. The summed E-state index contributed by atoms with van der Waals surface area (Å²) in [5.41, 5.74) is 1.52. The Bertz CT molecular complexity index is 892. The van der Waals surface area contributed by atoms with Gasteiger partial charge >= 0.3 is 0 Å². The second-order valence-corrected chi connectivity index (χ2v) is 6.59. The molecule has 0 radical (unpaired) electrons. The smallest absolute Gasteiger partial charge is 0.229 e. The highest BCUT2D eigenvalue weighted by Gasteiger charge is 2.08. The van der Waals surface area contributed by atoms with Crippen LogP contribution in [0, 0.1) is 0 Å². The first-order valence-electron chi connectivity index (χ1n) is 7.95. The Balaban J connectivity index is 1.65. The molecule has 0 saturated carbocycles. The van der Waals surface area contributed by atoms with Crippen molar-refractivity contribution in [3.05, 3.63) is 72.4 Å². The first-order chi connectivity index (χ1) is 12.6. The number of benzene rings is 2. The lowest BCUT2D eigenvalue weighted by molar-refractivity contribution is 0.191. The van der Waals surface area contributed by atoms with Gasteiger partial charge in [-0.25, -0.2) is 14.3 Å². The van der Waals surface area contributed by atoms with E-state index >= 15 is 0 Å². The van der Waals surface area contributed by atoms with Crippen molar-refractivity contribution in [3.63, 3.8) is 0 Å². The van der Waals surface area contributed by atoms with E-state index in [9.17, 15) is 9.32 Å². The molecule has 1 heterocycles. The number of aliphatic hydroxyl groups is 1. The Kier molecular flexibility index (Phi) is 5.90. The molecule has 2 atom stereocenters. The van der Waals surface area contributed by atoms with Gasteiger partial charge in [0.15, 0.2) is 0 Å². The zero-order chi connectivity index (χ0) is 18.4. The van der Waals surface area contributed by atoms with Gasteiger partial charge in [0.25, 0.3) is 0 Å².